The van der Waals surface area contributed by atoms with Crippen molar-refractivity contribution in [3.8, 4) is 6.07 Å². The van der Waals surface area contributed by atoms with E-state index in [0.717, 1.165) is 48.1 Å². The molecule has 7 rings (SSSR count). The van der Waals surface area contributed by atoms with Gasteiger partial charge in [0.1, 0.15) is 18.1 Å². The third kappa shape index (κ3) is 7.53. The first-order valence-corrected chi connectivity index (χ1v) is 18.6. The van der Waals surface area contributed by atoms with E-state index < -0.39 is 17.6 Å². The molecule has 1 spiro atoms. The van der Waals surface area contributed by atoms with Crippen molar-refractivity contribution < 1.29 is 19.2 Å². The van der Waals surface area contributed by atoms with E-state index in [-0.39, 0.29) is 42.6 Å². The number of nitrogens with zero attached hydrogens (tertiary/aromatic N) is 4. The Balaban J connectivity index is 1.07. The van der Waals surface area contributed by atoms with Crippen LogP contribution in [0.1, 0.15) is 67.2 Å². The topological polar surface area (TPSA) is 138 Å². The van der Waals surface area contributed by atoms with Crippen LogP contribution in [0.5, 0.6) is 0 Å². The summed E-state index contributed by atoms with van der Waals surface area (Å²) in [6.07, 6.45) is 6.87. The Morgan fingerprint density at radius 3 is 2.40 bits per heavy atom. The zero-order valence-corrected chi connectivity index (χ0v) is 29.6. The van der Waals surface area contributed by atoms with Crippen LogP contribution >= 0.6 is 0 Å². The quantitative estimate of drug-likeness (QED) is 0.311. The highest BCUT2D eigenvalue weighted by atomic mass is 16.2. The number of rotatable bonds is 9. The van der Waals surface area contributed by atoms with Crippen LogP contribution in [0.3, 0.4) is 0 Å². The number of piperidine rings is 1. The smallest absolute Gasteiger partial charge is 0.250 e. The van der Waals surface area contributed by atoms with Gasteiger partial charge in [-0.15, -0.1) is 0 Å². The summed E-state index contributed by atoms with van der Waals surface area (Å²) in [6.45, 7) is 1.49. The highest BCUT2D eigenvalue weighted by Crippen LogP contribution is 2.39. The lowest BCUT2D eigenvalue weighted by atomic mass is 9.85. The number of benzene rings is 3. The first-order valence-electron chi connectivity index (χ1n) is 18.6. The molecule has 0 aromatic heterocycles. The number of hydrogen-bond donors (Lipinski definition) is 3. The second kappa shape index (κ2) is 15.6. The third-order valence-electron chi connectivity index (χ3n) is 11.3. The first-order chi connectivity index (χ1) is 25.3. The molecule has 0 radical (unpaired) electrons. The molecule has 11 nitrogen and oxygen atoms in total. The summed E-state index contributed by atoms with van der Waals surface area (Å²) >= 11 is 0. The van der Waals surface area contributed by atoms with Crippen molar-refractivity contribution in [3.05, 3.63) is 101 Å². The molecular formula is C41H47N7O4. The van der Waals surface area contributed by atoms with E-state index >= 15 is 0 Å². The minimum absolute atomic E-state index is 0.00138. The summed E-state index contributed by atoms with van der Waals surface area (Å²) in [7, 11) is 0. The second-order valence-electron chi connectivity index (χ2n) is 14.7. The lowest BCUT2D eigenvalue weighted by Crippen LogP contribution is -2.60. The average Bonchev–Trinajstić information content (AvgIpc) is 3.44. The zero-order chi connectivity index (χ0) is 36.1. The summed E-state index contributed by atoms with van der Waals surface area (Å²) in [6, 6.07) is 25.9. The van der Waals surface area contributed by atoms with Gasteiger partial charge in [-0.05, 0) is 73.1 Å². The van der Waals surface area contributed by atoms with Crippen molar-refractivity contribution in [1.82, 2.24) is 25.8 Å². The molecule has 270 valence electrons. The number of carbonyl (C=O) groups is 4. The molecule has 2 atom stereocenters. The summed E-state index contributed by atoms with van der Waals surface area (Å²) in [5.41, 5.74) is 3.52. The normalized spacial score (nSPS) is 20.6. The molecule has 1 aliphatic carbocycles. The molecule has 3 aromatic carbocycles. The number of likely N-dealkylation sites (tertiary alicyclic amines) is 1. The Kier molecular flexibility index (Phi) is 10.5. The summed E-state index contributed by atoms with van der Waals surface area (Å²) in [5, 5.41) is 19.1. The van der Waals surface area contributed by atoms with Crippen molar-refractivity contribution in [3.63, 3.8) is 0 Å². The van der Waals surface area contributed by atoms with Gasteiger partial charge in [-0.3, -0.25) is 19.2 Å². The molecule has 0 bridgehead atoms. The van der Waals surface area contributed by atoms with Gasteiger partial charge in [0.05, 0.1) is 24.3 Å². The molecule has 1 saturated carbocycles. The number of para-hydroxylation sites is 1. The van der Waals surface area contributed by atoms with Crippen LogP contribution in [0.15, 0.2) is 78.9 Å². The molecule has 52 heavy (non-hydrogen) atoms. The summed E-state index contributed by atoms with van der Waals surface area (Å²) in [5.74, 6) is -0.694. The number of nitriles is 1. The van der Waals surface area contributed by atoms with Gasteiger partial charge in [0, 0.05) is 37.8 Å². The van der Waals surface area contributed by atoms with E-state index in [1.165, 1.54) is 6.42 Å². The van der Waals surface area contributed by atoms with E-state index in [1.807, 2.05) is 60.7 Å². The molecule has 4 amide bonds. The zero-order valence-electron chi connectivity index (χ0n) is 29.6. The summed E-state index contributed by atoms with van der Waals surface area (Å²) in [4.78, 5) is 61.1. The van der Waals surface area contributed by atoms with Gasteiger partial charge in [-0.1, -0.05) is 73.9 Å². The summed E-state index contributed by atoms with van der Waals surface area (Å²) < 4.78 is 0. The number of fused-ring (bicyclic) bond motifs is 1. The van der Waals surface area contributed by atoms with Crippen LogP contribution < -0.4 is 20.9 Å². The van der Waals surface area contributed by atoms with Crippen molar-refractivity contribution in [2.75, 3.05) is 31.2 Å². The monoisotopic (exact) mass is 701 g/mol. The fourth-order valence-corrected chi connectivity index (χ4v) is 8.45. The fourth-order valence-electron chi connectivity index (χ4n) is 8.45. The Bertz CT molecular complexity index is 1830. The van der Waals surface area contributed by atoms with Crippen molar-refractivity contribution in [1.29, 1.82) is 5.26 Å². The van der Waals surface area contributed by atoms with Gasteiger partial charge in [0.25, 0.3) is 5.91 Å². The van der Waals surface area contributed by atoms with E-state index in [2.05, 4.69) is 26.9 Å². The van der Waals surface area contributed by atoms with Gasteiger partial charge in [0.15, 0.2) is 0 Å². The minimum atomic E-state index is -0.900. The molecule has 4 aliphatic rings. The molecule has 3 aliphatic heterocycles. The van der Waals surface area contributed by atoms with Crippen LogP contribution in [0.4, 0.5) is 5.69 Å². The molecule has 3 heterocycles. The number of anilines is 1. The maximum atomic E-state index is 14.4. The predicted molar refractivity (Wildman–Crippen MR) is 197 cm³/mol. The van der Waals surface area contributed by atoms with Crippen LogP contribution in [0, 0.1) is 11.3 Å². The molecule has 3 N–H and O–H groups in total. The van der Waals surface area contributed by atoms with E-state index in [1.54, 1.807) is 28.0 Å². The predicted octanol–water partition coefficient (Wildman–Crippen LogP) is 3.42. The molecule has 0 unspecified atom stereocenters. The number of nitrogens with one attached hydrogen (secondary N) is 3. The second-order valence-corrected chi connectivity index (χ2v) is 14.7. The molecule has 3 aromatic rings. The largest absolute Gasteiger partial charge is 0.352 e. The Morgan fingerprint density at radius 1 is 0.923 bits per heavy atom. The fraction of sp³-hybridized carbons (Fsp3) is 0.439. The van der Waals surface area contributed by atoms with Gasteiger partial charge in [-0.2, -0.15) is 5.26 Å². The standard InChI is InChI=1S/C41H47N7O4/c42-25-30-11-9-10-29(22-30)23-36(45-38(50)35-24-31-12-7-8-13-32(31)26-43-35)39(51)46-20-18-41(19-21-46)40(52)47(28-48(41)34-16-5-2-6-17-34)27-37(49)44-33-14-3-1-4-15-33/h2,5-13,16-17,22,33,35-36,43H,1,3-4,14-15,18-21,23-24,26-28H2,(H,44,49)(H,45,50)/t35-,36-/m1/s1. The molecule has 2 saturated heterocycles. The van der Waals surface area contributed by atoms with Crippen LogP contribution in [0.25, 0.3) is 0 Å². The Morgan fingerprint density at radius 2 is 1.65 bits per heavy atom. The minimum Gasteiger partial charge on any atom is -0.352 e. The van der Waals surface area contributed by atoms with Crippen LogP contribution in [-0.4, -0.2) is 83.4 Å². The van der Waals surface area contributed by atoms with E-state index in [0.29, 0.717) is 51.1 Å². The highest BCUT2D eigenvalue weighted by Gasteiger charge is 2.54. The molecule has 3 fully saturated rings. The third-order valence-corrected chi connectivity index (χ3v) is 11.3. The molecule has 11 heteroatoms. The Hall–Kier alpha value is -5.21. The van der Waals surface area contributed by atoms with Gasteiger partial charge >= 0.3 is 0 Å². The lowest BCUT2D eigenvalue weighted by molar-refractivity contribution is -0.141. The van der Waals surface area contributed by atoms with Gasteiger partial charge in [-0.25, -0.2) is 0 Å². The van der Waals surface area contributed by atoms with Crippen LogP contribution in [0.2, 0.25) is 0 Å². The number of hydrogen-bond acceptors (Lipinski definition) is 7. The van der Waals surface area contributed by atoms with Crippen molar-refractivity contribution >= 4 is 29.3 Å². The Labute approximate surface area is 305 Å². The van der Waals surface area contributed by atoms with E-state index in [4.69, 9.17) is 0 Å². The SMILES string of the molecule is N#Cc1cccc(C[C@@H](NC(=O)[C@H]2Cc3ccccc3CN2)C(=O)N2CCC3(CC2)C(=O)N(CC(=O)NC2CCCCC2)CN3c2ccccc2)c1. The first kappa shape index (κ1) is 35.2. The van der Waals surface area contributed by atoms with Crippen LogP contribution in [-0.2, 0) is 38.6 Å². The maximum Gasteiger partial charge on any atom is 0.250 e. The van der Waals surface area contributed by atoms with Gasteiger partial charge in [0.2, 0.25) is 17.7 Å². The van der Waals surface area contributed by atoms with E-state index in [9.17, 15) is 24.4 Å². The van der Waals surface area contributed by atoms with Crippen molar-refractivity contribution in [2.24, 2.45) is 0 Å². The molecular weight excluding hydrogens is 654 g/mol. The highest BCUT2D eigenvalue weighted by molar-refractivity contribution is 5.97. The number of amides is 4. The maximum absolute atomic E-state index is 14.4. The van der Waals surface area contributed by atoms with Gasteiger partial charge < -0.3 is 30.7 Å². The number of carbonyl (C=O) groups excluding carboxylic acids is 4. The lowest BCUT2D eigenvalue weighted by Gasteiger charge is -2.44. The average molecular weight is 702 g/mol. The van der Waals surface area contributed by atoms with Crippen molar-refractivity contribution in [2.45, 2.75) is 88.0 Å².